The van der Waals surface area contributed by atoms with Crippen LogP contribution in [0.2, 0.25) is 0 Å². The average molecular weight is 438 g/mol. The molecule has 30 heavy (non-hydrogen) atoms. The molecular formula is C25H31N3S2. The van der Waals surface area contributed by atoms with E-state index in [-0.39, 0.29) is 0 Å². The van der Waals surface area contributed by atoms with E-state index in [4.69, 9.17) is 5.26 Å². The maximum absolute atomic E-state index is 8.57. The number of hydrogen-bond donors (Lipinski definition) is 0. The second-order valence-electron chi connectivity index (χ2n) is 7.62. The van der Waals surface area contributed by atoms with Crippen LogP contribution in [0.3, 0.4) is 0 Å². The highest BCUT2D eigenvalue weighted by Crippen LogP contribution is 2.34. The maximum Gasteiger partial charge on any atom is 0.138 e. The second-order valence-corrected chi connectivity index (χ2v) is 9.68. The Kier molecular flexibility index (Phi) is 8.74. The first-order chi connectivity index (χ1) is 14.7. The Morgan fingerprint density at radius 2 is 1.83 bits per heavy atom. The predicted molar refractivity (Wildman–Crippen MR) is 130 cm³/mol. The molecule has 0 amide bonds. The minimum absolute atomic E-state index is 0.926. The number of aryl methyl sites for hydroxylation is 1. The summed E-state index contributed by atoms with van der Waals surface area (Å²) in [5, 5.41) is 11.7. The van der Waals surface area contributed by atoms with Gasteiger partial charge in [0.1, 0.15) is 5.40 Å². The van der Waals surface area contributed by atoms with E-state index in [1.807, 2.05) is 39.0 Å². The minimum atomic E-state index is 0.926. The number of hydrogen-bond acceptors (Lipinski definition) is 5. The highest BCUT2D eigenvalue weighted by molar-refractivity contribution is 8.04. The van der Waals surface area contributed by atoms with Gasteiger partial charge < -0.3 is 4.90 Å². The standard InChI is InChI=1S/C14H19N.C9H6N2S2.C2H6/c1-2-4-12(5-3-1)10-14-11-15-8-6-13(14)7-9-15;1-6-11-9-7(12-5-10)3-2-4-8(9)13-6;1-2/h1-5,13-14H,6-11H2;2-4H,1H3;1-2H3/t14-;;/m0../s1. The van der Waals surface area contributed by atoms with Crippen LogP contribution in [0.1, 0.15) is 37.3 Å². The summed E-state index contributed by atoms with van der Waals surface area (Å²) in [6.45, 7) is 10.0. The van der Waals surface area contributed by atoms with Gasteiger partial charge in [0.15, 0.2) is 0 Å². The number of thiocyanates is 1. The molecule has 5 heteroatoms. The van der Waals surface area contributed by atoms with Gasteiger partial charge in [-0.15, -0.1) is 11.3 Å². The van der Waals surface area contributed by atoms with Crippen molar-refractivity contribution in [3.8, 4) is 5.40 Å². The van der Waals surface area contributed by atoms with Crippen molar-refractivity contribution < 1.29 is 0 Å². The quantitative estimate of drug-likeness (QED) is 0.335. The van der Waals surface area contributed by atoms with Gasteiger partial charge in [0.05, 0.1) is 15.2 Å². The molecule has 3 aromatic rings. The average Bonchev–Trinajstić information content (AvgIpc) is 3.19. The van der Waals surface area contributed by atoms with Gasteiger partial charge in [-0.25, -0.2) is 4.98 Å². The molecule has 3 aliphatic rings. The molecule has 3 nitrogen and oxygen atoms in total. The molecule has 3 fully saturated rings. The van der Waals surface area contributed by atoms with Crippen LogP contribution >= 0.6 is 23.1 Å². The molecule has 1 atom stereocenters. The molecule has 2 aromatic carbocycles. The lowest BCUT2D eigenvalue weighted by Crippen LogP contribution is -2.48. The summed E-state index contributed by atoms with van der Waals surface area (Å²) in [4.78, 5) is 7.97. The number of nitriles is 1. The molecule has 0 unspecified atom stereocenters. The lowest BCUT2D eigenvalue weighted by molar-refractivity contribution is 0.0512. The monoisotopic (exact) mass is 437 g/mol. The van der Waals surface area contributed by atoms with E-state index in [0.29, 0.717) is 0 Å². The number of piperidine rings is 3. The summed E-state index contributed by atoms with van der Waals surface area (Å²) < 4.78 is 1.15. The van der Waals surface area contributed by atoms with Crippen molar-refractivity contribution >= 4 is 33.3 Å². The Labute approximate surface area is 189 Å². The third kappa shape index (κ3) is 5.85. The SMILES string of the molecule is CC.Cc1nc2c(SC#N)cccc2s1.c1ccc(C[C@H]2CN3CCC2CC3)cc1. The number of aromatic nitrogens is 1. The maximum atomic E-state index is 8.57. The summed E-state index contributed by atoms with van der Waals surface area (Å²) in [5.74, 6) is 1.94. The van der Waals surface area contributed by atoms with E-state index in [1.54, 1.807) is 11.3 Å². The number of thiazole rings is 1. The van der Waals surface area contributed by atoms with Crippen molar-refractivity contribution in [2.24, 2.45) is 11.8 Å². The van der Waals surface area contributed by atoms with E-state index >= 15 is 0 Å². The van der Waals surface area contributed by atoms with Crippen LogP contribution in [0, 0.1) is 29.4 Å². The zero-order chi connectivity index (χ0) is 21.3. The van der Waals surface area contributed by atoms with E-state index in [9.17, 15) is 0 Å². The van der Waals surface area contributed by atoms with Gasteiger partial charge in [0, 0.05) is 11.4 Å². The number of thioether (sulfide) groups is 1. The molecule has 0 radical (unpaired) electrons. The Balaban J connectivity index is 0.000000159. The van der Waals surface area contributed by atoms with Crippen molar-refractivity contribution in [1.82, 2.24) is 9.88 Å². The highest BCUT2D eigenvalue weighted by Gasteiger charge is 2.33. The molecule has 0 N–H and O–H groups in total. The zero-order valence-corrected chi connectivity index (χ0v) is 19.8. The van der Waals surface area contributed by atoms with Gasteiger partial charge in [-0.2, -0.15) is 5.26 Å². The van der Waals surface area contributed by atoms with E-state index in [2.05, 4.69) is 45.6 Å². The predicted octanol–water partition coefficient (Wildman–Crippen LogP) is 6.78. The van der Waals surface area contributed by atoms with Crippen molar-refractivity contribution in [1.29, 1.82) is 5.26 Å². The van der Waals surface area contributed by atoms with Crippen LogP contribution in [0.5, 0.6) is 0 Å². The molecule has 0 saturated carbocycles. The smallest absolute Gasteiger partial charge is 0.138 e. The summed E-state index contributed by atoms with van der Waals surface area (Å²) >= 11 is 2.83. The van der Waals surface area contributed by atoms with Crippen LogP contribution < -0.4 is 0 Å². The Hall–Kier alpha value is -1.87. The summed E-state index contributed by atoms with van der Waals surface area (Å²) in [5.41, 5.74) is 2.48. The van der Waals surface area contributed by atoms with Crippen molar-refractivity contribution in [2.45, 2.75) is 44.9 Å². The number of para-hydroxylation sites is 1. The normalized spacial score (nSPS) is 21.7. The second kappa shape index (κ2) is 11.5. The number of benzene rings is 2. The number of rotatable bonds is 3. The fourth-order valence-electron chi connectivity index (χ4n) is 4.40. The molecule has 6 rings (SSSR count). The van der Waals surface area contributed by atoms with E-state index in [1.165, 1.54) is 56.2 Å². The molecule has 0 spiro atoms. The Bertz CT molecular complexity index is 953. The van der Waals surface area contributed by atoms with Gasteiger partial charge in [0.2, 0.25) is 0 Å². The number of fused-ring (bicyclic) bond motifs is 4. The van der Waals surface area contributed by atoms with Gasteiger partial charge in [-0.05, 0) is 80.6 Å². The molecule has 3 saturated heterocycles. The van der Waals surface area contributed by atoms with E-state index in [0.717, 1.165) is 32.0 Å². The van der Waals surface area contributed by atoms with Crippen LogP contribution in [-0.2, 0) is 6.42 Å². The summed E-state index contributed by atoms with van der Waals surface area (Å²) in [7, 11) is 0. The summed E-state index contributed by atoms with van der Waals surface area (Å²) in [6.07, 6.45) is 4.18. The Morgan fingerprint density at radius 1 is 1.10 bits per heavy atom. The first kappa shape index (κ1) is 22.8. The number of nitrogens with zero attached hydrogens (tertiary/aromatic N) is 3. The van der Waals surface area contributed by atoms with Gasteiger partial charge in [-0.1, -0.05) is 50.2 Å². The highest BCUT2D eigenvalue weighted by atomic mass is 32.2. The molecule has 4 heterocycles. The molecule has 3 aliphatic heterocycles. The first-order valence-electron chi connectivity index (χ1n) is 10.9. The van der Waals surface area contributed by atoms with Gasteiger partial charge in [-0.3, -0.25) is 0 Å². The molecular weight excluding hydrogens is 406 g/mol. The van der Waals surface area contributed by atoms with Crippen LogP contribution in [-0.4, -0.2) is 29.5 Å². The third-order valence-corrected chi connectivity index (χ3v) is 7.35. The van der Waals surface area contributed by atoms with Crippen molar-refractivity contribution in [3.05, 3.63) is 59.1 Å². The topological polar surface area (TPSA) is 39.9 Å². The fraction of sp³-hybridized carbons (Fsp3) is 0.440. The minimum Gasteiger partial charge on any atom is -0.303 e. The van der Waals surface area contributed by atoms with Crippen LogP contribution in [0.4, 0.5) is 0 Å². The first-order valence-corrected chi connectivity index (χ1v) is 12.5. The largest absolute Gasteiger partial charge is 0.303 e. The van der Waals surface area contributed by atoms with Crippen molar-refractivity contribution in [2.75, 3.05) is 19.6 Å². The van der Waals surface area contributed by atoms with Gasteiger partial charge in [0.25, 0.3) is 0 Å². The lowest BCUT2D eigenvalue weighted by Gasteiger charge is -2.45. The Morgan fingerprint density at radius 3 is 2.47 bits per heavy atom. The molecule has 1 aromatic heterocycles. The molecule has 2 bridgehead atoms. The van der Waals surface area contributed by atoms with Crippen LogP contribution in [0.15, 0.2) is 53.4 Å². The summed E-state index contributed by atoms with van der Waals surface area (Å²) in [6, 6.07) is 16.9. The van der Waals surface area contributed by atoms with E-state index < -0.39 is 0 Å². The molecule has 0 aliphatic carbocycles. The lowest BCUT2D eigenvalue weighted by atomic mass is 9.76. The van der Waals surface area contributed by atoms with Gasteiger partial charge >= 0.3 is 0 Å². The fourth-order valence-corrected chi connectivity index (χ4v) is 5.82. The molecule has 158 valence electrons. The van der Waals surface area contributed by atoms with Crippen LogP contribution in [0.25, 0.3) is 10.2 Å². The van der Waals surface area contributed by atoms with Crippen molar-refractivity contribution in [3.63, 3.8) is 0 Å². The zero-order valence-electron chi connectivity index (χ0n) is 18.2. The third-order valence-electron chi connectivity index (χ3n) is 5.78.